The molecule has 0 nitrogen and oxygen atoms in total. The molecule has 0 spiro atoms. The van der Waals surface area contributed by atoms with Gasteiger partial charge in [-0.3, -0.25) is 0 Å². The molecule has 0 saturated carbocycles. The molecule has 0 unspecified atom stereocenters. The van der Waals surface area contributed by atoms with Crippen LogP contribution in [0.2, 0.25) is 0 Å². The maximum atomic E-state index is 2.39. The van der Waals surface area contributed by atoms with Crippen molar-refractivity contribution in [2.24, 2.45) is 0 Å². The predicted molar refractivity (Wildman–Crippen MR) is 93.4 cm³/mol. The maximum absolute atomic E-state index is 2.39. The molecule has 0 fully saturated rings. The van der Waals surface area contributed by atoms with Crippen LogP contribution in [0.3, 0.4) is 0 Å². The van der Waals surface area contributed by atoms with Crippen molar-refractivity contribution in [1.29, 1.82) is 0 Å². The zero-order chi connectivity index (χ0) is 13.8. The van der Waals surface area contributed by atoms with Gasteiger partial charge in [0, 0.05) is 0 Å². The summed E-state index contributed by atoms with van der Waals surface area (Å²) in [7, 11) is 0. The van der Waals surface area contributed by atoms with Crippen LogP contribution in [0, 0.1) is 0 Å². The molecule has 5 rings (SSSR count). The van der Waals surface area contributed by atoms with Crippen LogP contribution < -0.4 is 0 Å². The minimum atomic E-state index is 0.412. The third-order valence-electron chi connectivity index (χ3n) is 4.23. The molecule has 4 aromatic carbocycles. The summed E-state index contributed by atoms with van der Waals surface area (Å²) in [5, 5.41) is 8.36. The first-order valence-electron chi connectivity index (χ1n) is 7.13. The van der Waals surface area contributed by atoms with Gasteiger partial charge in [0.1, 0.15) is 0 Å². The molecule has 0 bridgehead atoms. The van der Waals surface area contributed by atoms with Crippen LogP contribution in [-0.4, -0.2) is 14.5 Å². The Labute approximate surface area is 128 Å². The fraction of sp³-hybridized carbons (Fsp3) is 0. The number of hydrogen-bond acceptors (Lipinski definition) is 0. The van der Waals surface area contributed by atoms with Crippen LogP contribution in [-0.2, 0) is 0 Å². The molecule has 1 heterocycles. The average molecular weight is 331 g/mol. The fourth-order valence-corrected chi connectivity index (χ4v) is 5.85. The third kappa shape index (κ3) is 1.62. The molecular formula is C20H12Se. The predicted octanol–water partition coefficient (Wildman–Crippen LogP) is 5.36. The number of benzene rings is 4. The molecule has 0 aliphatic heterocycles. The molecule has 5 aromatic rings. The van der Waals surface area contributed by atoms with Crippen LogP contribution in [0.5, 0.6) is 0 Å². The van der Waals surface area contributed by atoms with Crippen molar-refractivity contribution >= 4 is 55.3 Å². The molecule has 0 aliphatic rings. The van der Waals surface area contributed by atoms with Crippen molar-refractivity contribution in [3.63, 3.8) is 0 Å². The Morgan fingerprint density at radius 3 is 2.10 bits per heavy atom. The van der Waals surface area contributed by atoms with Crippen LogP contribution in [0.25, 0.3) is 40.8 Å². The molecule has 0 radical (unpaired) electrons. The zero-order valence-corrected chi connectivity index (χ0v) is 13.0. The summed E-state index contributed by atoms with van der Waals surface area (Å²) in [6, 6.07) is 26.7. The summed E-state index contributed by atoms with van der Waals surface area (Å²) in [4.78, 5) is 0. The van der Waals surface area contributed by atoms with E-state index in [1.165, 1.54) is 36.6 Å². The average Bonchev–Trinajstić information content (AvgIpc) is 2.90. The van der Waals surface area contributed by atoms with Gasteiger partial charge in [0.25, 0.3) is 0 Å². The summed E-state index contributed by atoms with van der Waals surface area (Å²) in [5.74, 6) is 0. The molecule has 0 aliphatic carbocycles. The van der Waals surface area contributed by atoms with Gasteiger partial charge in [-0.25, -0.2) is 0 Å². The summed E-state index contributed by atoms with van der Waals surface area (Å²) in [5.41, 5.74) is 0. The van der Waals surface area contributed by atoms with E-state index in [1.807, 2.05) is 0 Å². The molecule has 0 atom stereocenters. The minimum absolute atomic E-state index is 0.412. The molecule has 0 amide bonds. The second-order valence-corrected chi connectivity index (χ2v) is 7.67. The monoisotopic (exact) mass is 332 g/mol. The van der Waals surface area contributed by atoms with Crippen molar-refractivity contribution in [3.8, 4) is 0 Å². The van der Waals surface area contributed by atoms with E-state index in [-0.39, 0.29) is 0 Å². The van der Waals surface area contributed by atoms with Gasteiger partial charge in [-0.15, -0.1) is 0 Å². The second kappa shape index (κ2) is 4.21. The van der Waals surface area contributed by atoms with E-state index in [0.29, 0.717) is 14.5 Å². The second-order valence-electron chi connectivity index (χ2n) is 5.46. The summed E-state index contributed by atoms with van der Waals surface area (Å²) >= 11 is 0.412. The van der Waals surface area contributed by atoms with E-state index in [2.05, 4.69) is 72.8 Å². The Kier molecular flexibility index (Phi) is 2.32. The Bertz CT molecular complexity index is 1130. The molecule has 0 N–H and O–H groups in total. The Morgan fingerprint density at radius 2 is 1.24 bits per heavy atom. The van der Waals surface area contributed by atoms with Gasteiger partial charge in [-0.2, -0.15) is 0 Å². The van der Waals surface area contributed by atoms with E-state index in [9.17, 15) is 0 Å². The van der Waals surface area contributed by atoms with E-state index < -0.39 is 0 Å². The molecule has 21 heavy (non-hydrogen) atoms. The molecular weight excluding hydrogens is 319 g/mol. The van der Waals surface area contributed by atoms with E-state index in [0.717, 1.165) is 0 Å². The van der Waals surface area contributed by atoms with Gasteiger partial charge in [-0.05, 0) is 0 Å². The number of fused-ring (bicyclic) bond motifs is 6. The third-order valence-corrected chi connectivity index (χ3v) is 6.75. The summed E-state index contributed by atoms with van der Waals surface area (Å²) in [6.45, 7) is 0. The van der Waals surface area contributed by atoms with Crippen LogP contribution in [0.4, 0.5) is 0 Å². The van der Waals surface area contributed by atoms with Crippen LogP contribution >= 0.6 is 0 Å². The van der Waals surface area contributed by atoms with Crippen LogP contribution in [0.1, 0.15) is 0 Å². The van der Waals surface area contributed by atoms with E-state index in [1.54, 1.807) is 4.26 Å². The Morgan fingerprint density at radius 1 is 0.524 bits per heavy atom. The van der Waals surface area contributed by atoms with Crippen molar-refractivity contribution < 1.29 is 0 Å². The van der Waals surface area contributed by atoms with E-state index >= 15 is 0 Å². The number of rotatable bonds is 0. The summed E-state index contributed by atoms with van der Waals surface area (Å²) in [6.07, 6.45) is 0. The zero-order valence-electron chi connectivity index (χ0n) is 11.3. The van der Waals surface area contributed by atoms with Gasteiger partial charge in [-0.1, -0.05) is 0 Å². The quantitative estimate of drug-likeness (QED) is 0.335. The molecule has 1 heteroatoms. The molecule has 0 saturated heterocycles. The van der Waals surface area contributed by atoms with Gasteiger partial charge >= 0.3 is 128 Å². The van der Waals surface area contributed by atoms with Gasteiger partial charge in [0.2, 0.25) is 0 Å². The SMILES string of the molecule is c1ccc2cc3c(cc2c1)[se]c1c2ccccc2ccc31. The first-order valence-corrected chi connectivity index (χ1v) is 8.84. The standard InChI is InChI=1S/C20H12Se/c1-2-7-15-12-19-18(11-14(15)6-1)17-10-9-13-5-3-4-8-16(13)20(17)21-19/h1-12H. The Hall–Kier alpha value is -2.08. The first kappa shape index (κ1) is 11.6. The molecule has 1 aromatic heterocycles. The van der Waals surface area contributed by atoms with Crippen molar-refractivity contribution in [2.45, 2.75) is 0 Å². The van der Waals surface area contributed by atoms with Gasteiger partial charge in [0.15, 0.2) is 0 Å². The normalized spacial score (nSPS) is 11.8. The topological polar surface area (TPSA) is 0 Å². The first-order chi connectivity index (χ1) is 10.4. The number of hydrogen-bond donors (Lipinski definition) is 0. The summed E-state index contributed by atoms with van der Waals surface area (Å²) < 4.78 is 3.07. The van der Waals surface area contributed by atoms with Gasteiger partial charge in [0.05, 0.1) is 0 Å². The van der Waals surface area contributed by atoms with Gasteiger partial charge < -0.3 is 0 Å². The fourth-order valence-electron chi connectivity index (χ4n) is 3.19. The Balaban J connectivity index is 2.04. The molecule has 98 valence electrons. The van der Waals surface area contributed by atoms with Crippen LogP contribution in [0.15, 0.2) is 72.8 Å². The van der Waals surface area contributed by atoms with Crippen molar-refractivity contribution in [1.82, 2.24) is 0 Å². The van der Waals surface area contributed by atoms with E-state index in [4.69, 9.17) is 0 Å². The van der Waals surface area contributed by atoms with Crippen molar-refractivity contribution in [2.75, 3.05) is 0 Å². The van der Waals surface area contributed by atoms with Crippen molar-refractivity contribution in [3.05, 3.63) is 72.8 Å².